The van der Waals surface area contributed by atoms with Crippen molar-refractivity contribution in [3.05, 3.63) is 256 Å². The minimum absolute atomic E-state index is 0.550. The number of aromatic nitrogens is 12. The summed E-state index contributed by atoms with van der Waals surface area (Å²) in [4.78, 5) is 41.0. The average Bonchev–Trinajstić information content (AvgIpc) is 4.36. The number of para-hydroxylation sites is 4. The Hall–Kier alpha value is -11.5. The van der Waals surface area contributed by atoms with Gasteiger partial charge in [-0.2, -0.15) is 0 Å². The molecule has 0 N–H and O–H groups in total. The van der Waals surface area contributed by atoms with Gasteiger partial charge in [-0.05, 0) is 54.1 Å². The molecule has 10 heterocycles. The Morgan fingerprint density at radius 1 is 0.220 bits per heavy atom. The van der Waals surface area contributed by atoms with E-state index in [4.69, 9.17) is 39.9 Å². The lowest BCUT2D eigenvalue weighted by molar-refractivity contribution is 0.958. The molecule has 0 aliphatic carbocycles. The number of hydrogen-bond acceptors (Lipinski definition) is 8. The highest BCUT2D eigenvalue weighted by atomic mass is 15.2. The van der Waals surface area contributed by atoms with Crippen LogP contribution in [0.2, 0.25) is 0 Å². The number of nitrogens with zero attached hydrogens (tertiary/aromatic N) is 12. The number of rotatable bonds is 8. The molecule has 17 rings (SSSR count). The molecule has 0 unspecified atom stereocenters. The summed E-state index contributed by atoms with van der Waals surface area (Å²) in [7, 11) is 0. The van der Waals surface area contributed by atoms with Crippen LogP contribution in [0.25, 0.3) is 156 Å². The molecule has 0 radical (unpaired) electrons. The van der Waals surface area contributed by atoms with Crippen molar-refractivity contribution >= 4 is 87.2 Å². The lowest BCUT2D eigenvalue weighted by Crippen LogP contribution is -2.16. The van der Waals surface area contributed by atoms with E-state index in [0.717, 1.165) is 126 Å². The molecular weight excluding hydrogens is 1010 g/mol. The van der Waals surface area contributed by atoms with Crippen molar-refractivity contribution in [2.24, 2.45) is 0 Å². The van der Waals surface area contributed by atoms with Crippen molar-refractivity contribution in [1.82, 2.24) is 58.1 Å². The zero-order chi connectivity index (χ0) is 53.8. The van der Waals surface area contributed by atoms with E-state index in [1.807, 2.05) is 110 Å². The maximum absolute atomic E-state index is 6.29. The van der Waals surface area contributed by atoms with Crippen LogP contribution >= 0.6 is 0 Å². The summed E-state index contributed by atoms with van der Waals surface area (Å²) >= 11 is 0. The van der Waals surface area contributed by atoms with Crippen molar-refractivity contribution < 1.29 is 0 Å². The fraction of sp³-hybridized carbons (Fsp3) is 0. The Morgan fingerprint density at radius 2 is 0.537 bits per heavy atom. The van der Waals surface area contributed by atoms with Crippen LogP contribution < -0.4 is 0 Å². The largest absolute Gasteiger partial charge is 0.304 e. The first kappa shape index (κ1) is 45.5. The third kappa shape index (κ3) is 6.78. The Bertz CT molecular complexity index is 4890. The van der Waals surface area contributed by atoms with Crippen molar-refractivity contribution in [3.8, 4) is 68.3 Å². The maximum Gasteiger partial charge on any atom is 0.165 e. The Labute approximate surface area is 467 Å². The third-order valence-corrected chi connectivity index (χ3v) is 16.0. The van der Waals surface area contributed by atoms with Crippen molar-refractivity contribution in [3.63, 3.8) is 0 Å². The SMILES string of the molecule is c1ccc(-c2nc(-c3ccccc3)nc(-c3ccc(-c4c(-n5c6ccccc6c6ccncc65)c(-n5c6ccccc6c6cnccc65)nc(-n5c6ccccc6c6ccncc65)c4-n4c5ccccc5c5ccncc54)cc3)n2)cc1. The molecule has 382 valence electrons. The predicted octanol–water partition coefficient (Wildman–Crippen LogP) is 15.9. The lowest BCUT2D eigenvalue weighted by atomic mass is 9.99. The van der Waals surface area contributed by atoms with Gasteiger partial charge >= 0.3 is 0 Å². The monoisotopic (exact) mass is 1050 g/mol. The van der Waals surface area contributed by atoms with E-state index in [2.05, 4.69) is 164 Å². The molecule has 0 amide bonds. The van der Waals surface area contributed by atoms with Crippen LogP contribution in [0.3, 0.4) is 0 Å². The number of hydrogen-bond donors (Lipinski definition) is 0. The van der Waals surface area contributed by atoms with Gasteiger partial charge in [0, 0.05) is 96.3 Å². The van der Waals surface area contributed by atoms with Gasteiger partial charge in [0.2, 0.25) is 0 Å². The van der Waals surface area contributed by atoms with E-state index in [9.17, 15) is 0 Å². The number of fused-ring (bicyclic) bond motifs is 12. The van der Waals surface area contributed by atoms with Crippen LogP contribution in [0.15, 0.2) is 256 Å². The molecule has 0 atom stereocenters. The summed E-state index contributed by atoms with van der Waals surface area (Å²) in [5.74, 6) is 3.09. The summed E-state index contributed by atoms with van der Waals surface area (Å²) in [5, 5.41) is 8.46. The quantitative estimate of drug-likeness (QED) is 0.147. The minimum Gasteiger partial charge on any atom is -0.304 e. The molecule has 12 heteroatoms. The number of benzene rings is 7. The van der Waals surface area contributed by atoms with E-state index in [1.54, 1.807) is 0 Å². The normalized spacial score (nSPS) is 11.9. The highest BCUT2D eigenvalue weighted by Crippen LogP contribution is 2.49. The summed E-state index contributed by atoms with van der Waals surface area (Å²) in [6.45, 7) is 0. The van der Waals surface area contributed by atoms with E-state index in [0.29, 0.717) is 29.1 Å². The smallest absolute Gasteiger partial charge is 0.165 e. The zero-order valence-electron chi connectivity index (χ0n) is 43.6. The summed E-state index contributed by atoms with van der Waals surface area (Å²) in [6, 6.07) is 71.6. The molecule has 0 fully saturated rings. The van der Waals surface area contributed by atoms with Crippen LogP contribution in [0, 0.1) is 0 Å². The molecule has 7 aromatic carbocycles. The van der Waals surface area contributed by atoms with Gasteiger partial charge in [-0.25, -0.2) is 19.9 Å². The predicted molar refractivity (Wildman–Crippen MR) is 328 cm³/mol. The highest BCUT2D eigenvalue weighted by Gasteiger charge is 2.33. The van der Waals surface area contributed by atoms with Gasteiger partial charge in [-0.15, -0.1) is 0 Å². The Morgan fingerprint density at radius 3 is 1.00 bits per heavy atom. The molecule has 0 spiro atoms. The van der Waals surface area contributed by atoms with Gasteiger partial charge in [-0.1, -0.05) is 158 Å². The molecule has 17 aromatic rings. The summed E-state index contributed by atoms with van der Waals surface area (Å²) < 4.78 is 9.38. The second-order valence-corrected chi connectivity index (χ2v) is 20.4. The van der Waals surface area contributed by atoms with Gasteiger partial charge in [0.15, 0.2) is 29.1 Å². The van der Waals surface area contributed by atoms with E-state index in [1.165, 1.54) is 0 Å². The van der Waals surface area contributed by atoms with Crippen LogP contribution in [0.4, 0.5) is 0 Å². The average molecular weight is 1050 g/mol. The molecule has 0 bridgehead atoms. The summed E-state index contributed by atoms with van der Waals surface area (Å²) in [5.41, 5.74) is 13.7. The first-order chi connectivity index (χ1) is 40.7. The van der Waals surface area contributed by atoms with Crippen LogP contribution in [0.1, 0.15) is 0 Å². The molecule has 0 saturated heterocycles. The second kappa shape index (κ2) is 18.0. The van der Waals surface area contributed by atoms with E-state index >= 15 is 0 Å². The maximum atomic E-state index is 6.29. The third-order valence-electron chi connectivity index (χ3n) is 16.0. The Balaban J connectivity index is 1.09. The van der Waals surface area contributed by atoms with Gasteiger partial charge < -0.3 is 9.13 Å². The Kier molecular flexibility index (Phi) is 10.0. The highest BCUT2D eigenvalue weighted by molar-refractivity contribution is 6.15. The molecule has 10 aromatic heterocycles. The van der Waals surface area contributed by atoms with Crippen LogP contribution in [-0.4, -0.2) is 58.1 Å². The van der Waals surface area contributed by atoms with Crippen LogP contribution in [0.5, 0.6) is 0 Å². The molecule has 12 nitrogen and oxygen atoms in total. The first-order valence-electron chi connectivity index (χ1n) is 27.1. The van der Waals surface area contributed by atoms with Gasteiger partial charge in [0.25, 0.3) is 0 Å². The standard InChI is InChI=1S/C70H42N12/c1-3-15-44(16-4-1)66-75-67(45-17-5-2-6-18-45)77-68(76-66)46-29-27-43(28-30-46)63-64(79-55-23-11-7-19-47(55)51-31-35-72-40-60(51)79)69(81-58-26-14-10-22-50(58)54-39-71-38-34-59(54)81)78-70(82-57-25-13-9-21-49(57)53-33-37-74-42-62(53)82)65(63)80-56-24-12-8-20-48(56)52-32-36-73-41-61(52)80/h1-42H. The zero-order valence-corrected chi connectivity index (χ0v) is 43.6. The first-order valence-corrected chi connectivity index (χ1v) is 27.1. The lowest BCUT2D eigenvalue weighted by Gasteiger charge is -2.26. The van der Waals surface area contributed by atoms with Crippen molar-refractivity contribution in [1.29, 1.82) is 0 Å². The van der Waals surface area contributed by atoms with Crippen molar-refractivity contribution in [2.45, 2.75) is 0 Å². The topological polar surface area (TPSA) is 123 Å². The van der Waals surface area contributed by atoms with Crippen molar-refractivity contribution in [2.75, 3.05) is 0 Å². The van der Waals surface area contributed by atoms with E-state index < -0.39 is 0 Å². The molecule has 0 aliphatic heterocycles. The molecular formula is C70H42N12. The fourth-order valence-electron chi connectivity index (χ4n) is 12.5. The molecule has 0 saturated carbocycles. The fourth-order valence-corrected chi connectivity index (χ4v) is 12.5. The van der Waals surface area contributed by atoms with Gasteiger partial charge in [-0.3, -0.25) is 29.1 Å². The van der Waals surface area contributed by atoms with E-state index in [-0.39, 0.29) is 0 Å². The van der Waals surface area contributed by atoms with Gasteiger partial charge in [0.05, 0.1) is 62.7 Å². The summed E-state index contributed by atoms with van der Waals surface area (Å²) in [6.07, 6.45) is 15.4. The minimum atomic E-state index is 0.550. The number of pyridine rings is 5. The van der Waals surface area contributed by atoms with Crippen LogP contribution in [-0.2, 0) is 0 Å². The second-order valence-electron chi connectivity index (χ2n) is 20.4. The molecule has 82 heavy (non-hydrogen) atoms. The molecule has 0 aliphatic rings. The van der Waals surface area contributed by atoms with Gasteiger partial charge in [0.1, 0.15) is 11.4 Å².